The Balaban J connectivity index is 2.50. The maximum Gasteiger partial charge on any atom is 0.269 e. The Morgan fingerprint density at radius 2 is 2.38 bits per heavy atom. The zero-order valence-electron chi connectivity index (χ0n) is 8.54. The Morgan fingerprint density at radius 3 is 2.94 bits per heavy atom. The van der Waals surface area contributed by atoms with Crippen LogP contribution in [-0.4, -0.2) is 36.2 Å². The minimum atomic E-state index is -4.18. The molecular weight excluding hydrogens is 254 g/mol. The molecule has 7 nitrogen and oxygen atoms in total. The Labute approximate surface area is 97.0 Å². The van der Waals surface area contributed by atoms with Crippen molar-refractivity contribution in [3.63, 3.8) is 0 Å². The first kappa shape index (κ1) is 13.0. The second-order valence-corrected chi connectivity index (χ2v) is 5.33. The minimum Gasteiger partial charge on any atom is -0.748 e. The van der Waals surface area contributed by atoms with Crippen molar-refractivity contribution in [2.75, 3.05) is 12.8 Å². The lowest BCUT2D eigenvalue weighted by atomic mass is 10.4. The van der Waals surface area contributed by atoms with Gasteiger partial charge in [-0.2, -0.15) is 0 Å². The van der Waals surface area contributed by atoms with Crippen LogP contribution < -0.4 is 10.00 Å². The molecule has 0 spiro atoms. The minimum absolute atomic E-state index is 0.188. The van der Waals surface area contributed by atoms with E-state index in [9.17, 15) is 17.8 Å². The number of aryl methyl sites for hydroxylation is 1. The molecule has 0 aliphatic heterocycles. The zero-order chi connectivity index (χ0) is 12.2. The van der Waals surface area contributed by atoms with Gasteiger partial charge in [-0.1, -0.05) is 4.68 Å². The first-order chi connectivity index (χ1) is 7.42. The van der Waals surface area contributed by atoms with Gasteiger partial charge >= 0.3 is 0 Å². The van der Waals surface area contributed by atoms with E-state index >= 15 is 0 Å². The first-order valence-corrected chi connectivity index (χ1v) is 6.79. The van der Waals surface area contributed by atoms with Gasteiger partial charge in [0.1, 0.15) is 0 Å². The van der Waals surface area contributed by atoms with E-state index in [1.54, 1.807) is 0 Å². The molecule has 1 heterocycles. The van der Waals surface area contributed by atoms with Crippen LogP contribution in [0.4, 0.5) is 0 Å². The van der Waals surface area contributed by atoms with Crippen LogP contribution in [-0.2, 0) is 16.7 Å². The van der Waals surface area contributed by atoms with Crippen molar-refractivity contribution in [3.8, 4) is 0 Å². The Hall–Kier alpha value is -1.06. The summed E-state index contributed by atoms with van der Waals surface area (Å²) in [4.78, 5) is 11.6. The summed E-state index contributed by atoms with van der Waals surface area (Å²) in [6, 6.07) is 0. The van der Waals surface area contributed by atoms with Crippen molar-refractivity contribution >= 4 is 27.6 Å². The normalized spacial score (nSPS) is 11.4. The van der Waals surface area contributed by atoms with E-state index < -0.39 is 15.9 Å². The van der Waals surface area contributed by atoms with Gasteiger partial charge in [-0.15, -0.1) is 0 Å². The second-order valence-electron chi connectivity index (χ2n) is 3.02. The van der Waals surface area contributed by atoms with Gasteiger partial charge in [0, 0.05) is 30.8 Å². The molecule has 0 aliphatic carbocycles. The Morgan fingerprint density at radius 1 is 1.69 bits per heavy atom. The molecule has 0 aromatic carbocycles. The summed E-state index contributed by atoms with van der Waals surface area (Å²) in [5.41, 5.74) is 0. The summed E-state index contributed by atoms with van der Waals surface area (Å²) in [5, 5.41) is 2.45. The zero-order valence-corrected chi connectivity index (χ0v) is 10.2. The van der Waals surface area contributed by atoms with Crippen LogP contribution in [0.15, 0.2) is 6.20 Å². The first-order valence-electron chi connectivity index (χ1n) is 4.44. The van der Waals surface area contributed by atoms with Crippen molar-refractivity contribution in [2.45, 2.75) is 13.0 Å². The van der Waals surface area contributed by atoms with Gasteiger partial charge < -0.3 is 9.87 Å². The topological polar surface area (TPSA) is 103 Å². The number of nitrogens with one attached hydrogen (secondary N) is 1. The summed E-state index contributed by atoms with van der Waals surface area (Å²) in [6.45, 7) is 0.301. The maximum atomic E-state index is 11.2. The van der Waals surface area contributed by atoms with Gasteiger partial charge in [0.25, 0.3) is 5.91 Å². The van der Waals surface area contributed by atoms with Crippen LogP contribution in [0.1, 0.15) is 16.1 Å². The van der Waals surface area contributed by atoms with E-state index in [1.807, 2.05) is 0 Å². The average Bonchev–Trinajstić information content (AvgIpc) is 2.63. The number of amides is 1. The number of carbonyl (C=O) groups is 1. The molecular formula is C7H11N3O4S2. The van der Waals surface area contributed by atoms with E-state index in [-0.39, 0.29) is 12.3 Å². The highest BCUT2D eigenvalue weighted by molar-refractivity contribution is 7.85. The van der Waals surface area contributed by atoms with E-state index in [0.717, 1.165) is 11.5 Å². The molecule has 0 saturated carbocycles. The monoisotopic (exact) mass is 265 g/mol. The fourth-order valence-electron chi connectivity index (χ4n) is 1.01. The third kappa shape index (κ3) is 4.21. The third-order valence-corrected chi connectivity index (χ3v) is 3.31. The SMILES string of the molecule is CNC(=O)c1c[n+](CCCS(=O)(=O)[O-])ns1. The van der Waals surface area contributed by atoms with Crippen molar-refractivity contribution in [3.05, 3.63) is 11.1 Å². The molecule has 0 unspecified atom stereocenters. The highest BCUT2D eigenvalue weighted by atomic mass is 32.2. The molecule has 0 bridgehead atoms. The lowest BCUT2D eigenvalue weighted by molar-refractivity contribution is -0.746. The number of aromatic nitrogens is 2. The molecule has 1 amide bonds. The van der Waals surface area contributed by atoms with Gasteiger partial charge in [0.2, 0.25) is 6.20 Å². The van der Waals surface area contributed by atoms with Crippen molar-refractivity contribution in [1.29, 1.82) is 0 Å². The Bertz CT molecular complexity index is 468. The fourth-order valence-corrected chi connectivity index (χ4v) is 2.17. The molecule has 1 aromatic heterocycles. The predicted molar refractivity (Wildman–Crippen MR) is 54.9 cm³/mol. The standard InChI is InChI=1S/C7H11N3O4S2/c1-8-7(11)6-5-10(9-15-6)3-2-4-16(12,13)14/h5H,2-4H2,1H3,(H-,8,11,12,13,14). The van der Waals surface area contributed by atoms with E-state index in [4.69, 9.17) is 0 Å². The lowest BCUT2D eigenvalue weighted by Crippen LogP contribution is -2.35. The van der Waals surface area contributed by atoms with E-state index in [2.05, 4.69) is 9.81 Å². The van der Waals surface area contributed by atoms with Gasteiger partial charge in [0.05, 0.1) is 14.6 Å². The molecule has 0 atom stereocenters. The summed E-state index contributed by atoms with van der Waals surface area (Å²) < 4.78 is 36.4. The van der Waals surface area contributed by atoms with E-state index in [1.165, 1.54) is 17.9 Å². The number of hydrogen-bond acceptors (Lipinski definition) is 6. The number of hydrogen-bond donors (Lipinski definition) is 1. The van der Waals surface area contributed by atoms with Crippen molar-refractivity contribution < 1.29 is 22.4 Å². The molecule has 0 aliphatic rings. The fraction of sp³-hybridized carbons (Fsp3) is 0.571. The molecule has 1 rings (SSSR count). The molecule has 0 fully saturated rings. The summed E-state index contributed by atoms with van der Waals surface area (Å²) in [5.74, 6) is -0.667. The molecule has 0 radical (unpaired) electrons. The lowest BCUT2D eigenvalue weighted by Gasteiger charge is -2.02. The van der Waals surface area contributed by atoms with E-state index in [0.29, 0.717) is 11.4 Å². The van der Waals surface area contributed by atoms with Crippen LogP contribution in [0.25, 0.3) is 0 Å². The summed E-state index contributed by atoms with van der Waals surface area (Å²) in [6.07, 6.45) is 1.70. The predicted octanol–water partition coefficient (Wildman–Crippen LogP) is -1.27. The second kappa shape index (κ2) is 5.32. The van der Waals surface area contributed by atoms with Crippen LogP contribution in [0.3, 0.4) is 0 Å². The van der Waals surface area contributed by atoms with Crippen molar-refractivity contribution in [1.82, 2.24) is 9.81 Å². The number of rotatable bonds is 5. The summed E-state index contributed by atoms with van der Waals surface area (Å²) in [7, 11) is -2.67. The van der Waals surface area contributed by atoms with Crippen molar-refractivity contribution in [2.24, 2.45) is 0 Å². The quantitative estimate of drug-likeness (QED) is 0.528. The number of nitrogens with zero attached hydrogens (tertiary/aromatic N) is 2. The molecule has 9 heteroatoms. The van der Waals surface area contributed by atoms with Gasteiger partial charge in [-0.05, 0) is 0 Å². The van der Waals surface area contributed by atoms with Gasteiger partial charge in [-0.25, -0.2) is 8.42 Å². The van der Waals surface area contributed by atoms with Gasteiger partial charge in [0.15, 0.2) is 11.4 Å². The molecule has 16 heavy (non-hydrogen) atoms. The molecule has 90 valence electrons. The molecule has 1 N–H and O–H groups in total. The van der Waals surface area contributed by atoms with Crippen LogP contribution in [0, 0.1) is 0 Å². The number of carbonyl (C=O) groups excluding carboxylic acids is 1. The molecule has 0 saturated heterocycles. The maximum absolute atomic E-state index is 11.2. The smallest absolute Gasteiger partial charge is 0.269 e. The largest absolute Gasteiger partial charge is 0.748 e. The van der Waals surface area contributed by atoms with Gasteiger partial charge in [-0.3, -0.25) is 4.79 Å². The van der Waals surface area contributed by atoms with Crippen LogP contribution in [0.5, 0.6) is 0 Å². The van der Waals surface area contributed by atoms with Crippen LogP contribution >= 0.6 is 11.5 Å². The molecule has 1 aromatic rings. The Kier molecular flexibility index (Phi) is 4.33. The average molecular weight is 265 g/mol. The highest BCUT2D eigenvalue weighted by Crippen LogP contribution is 2.00. The van der Waals surface area contributed by atoms with Crippen LogP contribution in [0.2, 0.25) is 0 Å². The highest BCUT2D eigenvalue weighted by Gasteiger charge is 2.14. The third-order valence-electron chi connectivity index (χ3n) is 1.74. The summed E-state index contributed by atoms with van der Waals surface area (Å²) >= 11 is 1.01.